The molecule has 90 valence electrons. The Balaban J connectivity index is 2.22. The highest BCUT2D eigenvalue weighted by molar-refractivity contribution is 6.57. The van der Waals surface area contributed by atoms with Crippen molar-refractivity contribution in [2.24, 2.45) is 11.8 Å². The van der Waals surface area contributed by atoms with E-state index in [1.807, 2.05) is 0 Å². The Bertz CT molecular complexity index is 370. The number of likely N-dealkylation sites (tertiary alicyclic amines) is 1. The number of Topliss-reactive ketones (excluding diaryl/α,β-unsaturated/α-hetero) is 1. The van der Waals surface area contributed by atoms with E-state index in [-0.39, 0.29) is 30.8 Å². The van der Waals surface area contributed by atoms with Crippen LogP contribution in [0.2, 0.25) is 0 Å². The Kier molecular flexibility index (Phi) is 3.22. The number of hydrogen-bond acceptors (Lipinski definition) is 4. The molecule has 0 N–H and O–H groups in total. The van der Waals surface area contributed by atoms with Gasteiger partial charge in [0.2, 0.25) is 7.85 Å². The summed E-state index contributed by atoms with van der Waals surface area (Å²) < 4.78 is 4.95. The molecule has 0 bridgehead atoms. The number of amides is 1. The maximum absolute atomic E-state index is 11.8. The van der Waals surface area contributed by atoms with Crippen LogP contribution in [-0.4, -0.2) is 49.5 Å². The van der Waals surface area contributed by atoms with Gasteiger partial charge in [0.1, 0.15) is 11.8 Å². The van der Waals surface area contributed by atoms with Crippen LogP contribution in [0.4, 0.5) is 4.79 Å². The van der Waals surface area contributed by atoms with Gasteiger partial charge in [-0.15, -0.1) is 0 Å². The fourth-order valence-electron chi connectivity index (χ4n) is 2.86. The second-order valence-corrected chi connectivity index (χ2v) is 4.46. The standard InChI is InChI=1S/C11H14BNO4/c1-2-17-10(15)9-6-3-4-8(14)7(6)5-13(9)11(12)16/h6-7,9H,2-5H2,1H3/t6-,7-,9?/m0/s1. The average Bonchev–Trinajstić information content (AvgIpc) is 2.79. The zero-order chi connectivity index (χ0) is 12.6. The van der Waals surface area contributed by atoms with Crippen LogP contribution < -0.4 is 0 Å². The van der Waals surface area contributed by atoms with Crippen LogP contribution in [0.5, 0.6) is 0 Å². The first-order chi connectivity index (χ1) is 8.06. The SMILES string of the molecule is [B]C(=O)N1C[C@@H]2C(=O)CC[C@@H]2C1C(=O)OCC. The first-order valence-electron chi connectivity index (χ1n) is 5.81. The molecule has 5 nitrogen and oxygen atoms in total. The molecule has 1 saturated carbocycles. The molecular weight excluding hydrogens is 221 g/mol. The number of carbonyl (C=O) groups excluding carboxylic acids is 3. The molecule has 1 aliphatic carbocycles. The van der Waals surface area contributed by atoms with Gasteiger partial charge >= 0.3 is 5.97 Å². The number of ketones is 1. The highest BCUT2D eigenvalue weighted by atomic mass is 16.5. The van der Waals surface area contributed by atoms with E-state index in [0.29, 0.717) is 12.8 Å². The number of fused-ring (bicyclic) bond motifs is 1. The van der Waals surface area contributed by atoms with Crippen molar-refractivity contribution in [2.45, 2.75) is 25.8 Å². The van der Waals surface area contributed by atoms with Gasteiger partial charge in [-0.05, 0) is 13.3 Å². The molecule has 2 radical (unpaired) electrons. The van der Waals surface area contributed by atoms with E-state index in [0.717, 1.165) is 0 Å². The van der Waals surface area contributed by atoms with Gasteiger partial charge < -0.3 is 9.64 Å². The minimum absolute atomic E-state index is 0.117. The summed E-state index contributed by atoms with van der Waals surface area (Å²) in [7, 11) is 5.24. The van der Waals surface area contributed by atoms with Gasteiger partial charge in [-0.1, -0.05) is 0 Å². The highest BCUT2D eigenvalue weighted by Gasteiger charge is 2.52. The Morgan fingerprint density at radius 3 is 2.82 bits per heavy atom. The molecule has 1 heterocycles. The van der Waals surface area contributed by atoms with Gasteiger partial charge in [0.05, 0.1) is 6.61 Å². The molecule has 1 aliphatic heterocycles. The van der Waals surface area contributed by atoms with Crippen molar-refractivity contribution >= 4 is 25.4 Å². The topological polar surface area (TPSA) is 63.7 Å². The third kappa shape index (κ3) is 1.96. The summed E-state index contributed by atoms with van der Waals surface area (Å²) in [6.45, 7) is 2.22. The smallest absolute Gasteiger partial charge is 0.329 e. The Morgan fingerprint density at radius 1 is 1.53 bits per heavy atom. The predicted octanol–water partition coefficient (Wildman–Crippen LogP) is 0.117. The molecule has 0 aromatic heterocycles. The third-order valence-corrected chi connectivity index (χ3v) is 3.60. The average molecular weight is 235 g/mol. The minimum Gasteiger partial charge on any atom is -0.464 e. The first-order valence-corrected chi connectivity index (χ1v) is 5.81. The van der Waals surface area contributed by atoms with Crippen LogP contribution >= 0.6 is 0 Å². The van der Waals surface area contributed by atoms with Crippen LogP contribution in [-0.2, 0) is 14.3 Å². The highest BCUT2D eigenvalue weighted by Crippen LogP contribution is 2.40. The molecule has 2 fully saturated rings. The van der Waals surface area contributed by atoms with Crippen LogP contribution in [0, 0.1) is 11.8 Å². The minimum atomic E-state index is -0.677. The normalized spacial score (nSPS) is 31.5. The molecule has 2 aliphatic rings. The predicted molar refractivity (Wildman–Crippen MR) is 59.5 cm³/mol. The summed E-state index contributed by atoms with van der Waals surface area (Å²) in [5.41, 5.74) is 0. The summed E-state index contributed by atoms with van der Waals surface area (Å²) in [5, 5.41) is 0. The van der Waals surface area contributed by atoms with E-state index < -0.39 is 17.8 Å². The van der Waals surface area contributed by atoms with Crippen molar-refractivity contribution in [2.75, 3.05) is 13.2 Å². The summed E-state index contributed by atoms with van der Waals surface area (Å²) in [4.78, 5) is 36.0. The third-order valence-electron chi connectivity index (χ3n) is 3.60. The van der Waals surface area contributed by atoms with Crippen molar-refractivity contribution in [1.29, 1.82) is 0 Å². The number of esters is 1. The monoisotopic (exact) mass is 235 g/mol. The molecule has 1 amide bonds. The molecule has 1 unspecified atom stereocenters. The molecule has 0 aromatic carbocycles. The summed E-state index contributed by atoms with van der Waals surface area (Å²) in [5.74, 6) is -1.35. The van der Waals surface area contributed by atoms with Gasteiger partial charge in [-0.3, -0.25) is 9.59 Å². The maximum Gasteiger partial charge on any atom is 0.329 e. The van der Waals surface area contributed by atoms with Crippen molar-refractivity contribution in [3.8, 4) is 0 Å². The Labute approximate surface area is 101 Å². The molecule has 2 rings (SSSR count). The van der Waals surface area contributed by atoms with Gasteiger partial charge in [-0.25, -0.2) is 4.79 Å². The zero-order valence-electron chi connectivity index (χ0n) is 9.72. The molecule has 0 spiro atoms. The lowest BCUT2D eigenvalue weighted by Crippen LogP contribution is -2.43. The lowest BCUT2D eigenvalue weighted by atomic mass is 9.93. The van der Waals surface area contributed by atoms with Gasteiger partial charge in [0, 0.05) is 24.8 Å². The molecule has 0 aromatic rings. The second-order valence-electron chi connectivity index (χ2n) is 4.46. The van der Waals surface area contributed by atoms with Crippen molar-refractivity contribution in [1.82, 2.24) is 4.90 Å². The molecule has 6 heteroatoms. The zero-order valence-corrected chi connectivity index (χ0v) is 9.72. The van der Waals surface area contributed by atoms with Gasteiger partial charge in [0.25, 0.3) is 0 Å². The van der Waals surface area contributed by atoms with E-state index in [1.54, 1.807) is 6.92 Å². The van der Waals surface area contributed by atoms with E-state index in [9.17, 15) is 14.4 Å². The molecule has 17 heavy (non-hydrogen) atoms. The molecule has 3 atom stereocenters. The lowest BCUT2D eigenvalue weighted by molar-refractivity contribution is -0.148. The second kappa shape index (κ2) is 4.51. The maximum atomic E-state index is 11.8. The summed E-state index contributed by atoms with van der Waals surface area (Å²) >= 11 is 0. The Hall–Kier alpha value is -1.33. The van der Waals surface area contributed by atoms with Crippen molar-refractivity contribution in [3.63, 3.8) is 0 Å². The van der Waals surface area contributed by atoms with Crippen LogP contribution in [0.3, 0.4) is 0 Å². The number of ether oxygens (including phenoxy) is 1. The van der Waals surface area contributed by atoms with E-state index in [1.165, 1.54) is 4.90 Å². The van der Waals surface area contributed by atoms with Crippen LogP contribution in [0.1, 0.15) is 19.8 Å². The number of rotatable bonds is 2. The van der Waals surface area contributed by atoms with Crippen LogP contribution in [0.15, 0.2) is 0 Å². The largest absolute Gasteiger partial charge is 0.464 e. The fourth-order valence-corrected chi connectivity index (χ4v) is 2.86. The molecular formula is C11H14BNO4. The lowest BCUT2D eigenvalue weighted by Gasteiger charge is -2.25. The van der Waals surface area contributed by atoms with E-state index in [4.69, 9.17) is 12.6 Å². The summed E-state index contributed by atoms with van der Waals surface area (Å²) in [6.07, 6.45) is 1.12. The fraction of sp³-hybridized carbons (Fsp3) is 0.727. The number of nitrogens with zero attached hydrogens (tertiary/aromatic N) is 1. The van der Waals surface area contributed by atoms with Gasteiger partial charge in [0.15, 0.2) is 5.81 Å². The Morgan fingerprint density at radius 2 is 2.24 bits per heavy atom. The van der Waals surface area contributed by atoms with Crippen molar-refractivity contribution < 1.29 is 19.1 Å². The summed E-state index contributed by atoms with van der Waals surface area (Å²) in [6, 6.07) is -0.677. The van der Waals surface area contributed by atoms with E-state index >= 15 is 0 Å². The number of hydrogen-bond donors (Lipinski definition) is 0. The number of carbonyl (C=O) groups is 3. The quantitative estimate of drug-likeness (QED) is 0.503. The molecule has 1 saturated heterocycles. The van der Waals surface area contributed by atoms with E-state index in [2.05, 4.69) is 0 Å². The van der Waals surface area contributed by atoms with Gasteiger partial charge in [-0.2, -0.15) is 0 Å². The van der Waals surface area contributed by atoms with Crippen LogP contribution in [0.25, 0.3) is 0 Å². The first kappa shape index (κ1) is 12.1. The van der Waals surface area contributed by atoms with Crippen molar-refractivity contribution in [3.05, 3.63) is 0 Å².